The topological polar surface area (TPSA) is 68.3 Å². The molecule has 1 aromatic heterocycles. The minimum absolute atomic E-state index is 0.145. The Morgan fingerprint density at radius 3 is 2.60 bits per heavy atom. The fourth-order valence-corrected chi connectivity index (χ4v) is 2.67. The van der Waals surface area contributed by atoms with Crippen LogP contribution in [0.1, 0.15) is 6.92 Å². The van der Waals surface area contributed by atoms with E-state index in [9.17, 15) is 8.42 Å². The summed E-state index contributed by atoms with van der Waals surface area (Å²) in [5, 5.41) is 0. The fraction of sp³-hybridized carbons (Fsp3) is 0.214. The first kappa shape index (κ1) is 14.5. The molecule has 0 saturated heterocycles. The molecule has 1 heterocycles. The Hall–Kier alpha value is -1.92. The molecule has 1 N–H and O–H groups in total. The number of ether oxygens (including phenoxy) is 1. The van der Waals surface area contributed by atoms with E-state index in [0.29, 0.717) is 5.75 Å². The zero-order valence-corrected chi connectivity index (χ0v) is 11.9. The third-order valence-corrected chi connectivity index (χ3v) is 3.99. The van der Waals surface area contributed by atoms with Gasteiger partial charge >= 0.3 is 0 Å². The normalized spacial score (nSPS) is 12.8. The molecule has 5 nitrogen and oxygen atoms in total. The highest BCUT2D eigenvalue weighted by atomic mass is 32.2. The molecule has 20 heavy (non-hydrogen) atoms. The SMILES string of the molecule is C[C@@H](CNS(=O)(=O)c1cccnc1)Oc1ccccc1. The first-order chi connectivity index (χ1) is 9.58. The molecular weight excluding hydrogens is 276 g/mol. The zero-order valence-electron chi connectivity index (χ0n) is 11.1. The first-order valence-electron chi connectivity index (χ1n) is 6.19. The molecule has 6 heteroatoms. The van der Waals surface area contributed by atoms with Gasteiger partial charge in [-0.2, -0.15) is 0 Å². The standard InChI is InChI=1S/C14H16N2O3S/c1-12(19-13-6-3-2-4-7-13)10-16-20(17,18)14-8-5-9-15-11-14/h2-9,11-12,16H,10H2,1H3/t12-/m0/s1. The van der Waals surface area contributed by atoms with Crippen molar-refractivity contribution in [2.45, 2.75) is 17.9 Å². The number of hydrogen-bond donors (Lipinski definition) is 1. The van der Waals surface area contributed by atoms with Gasteiger partial charge in [-0.3, -0.25) is 4.98 Å². The van der Waals surface area contributed by atoms with E-state index in [1.807, 2.05) is 30.3 Å². The quantitative estimate of drug-likeness (QED) is 0.882. The van der Waals surface area contributed by atoms with E-state index in [1.54, 1.807) is 13.0 Å². The number of para-hydroxylation sites is 1. The monoisotopic (exact) mass is 292 g/mol. The Morgan fingerprint density at radius 1 is 1.20 bits per heavy atom. The molecule has 0 bridgehead atoms. The van der Waals surface area contributed by atoms with Crippen molar-refractivity contribution in [2.75, 3.05) is 6.54 Å². The van der Waals surface area contributed by atoms with E-state index in [-0.39, 0.29) is 17.5 Å². The predicted molar refractivity (Wildman–Crippen MR) is 76.0 cm³/mol. The summed E-state index contributed by atoms with van der Waals surface area (Å²) in [5.74, 6) is 0.709. The lowest BCUT2D eigenvalue weighted by Gasteiger charge is -2.15. The van der Waals surface area contributed by atoms with E-state index in [2.05, 4.69) is 9.71 Å². The van der Waals surface area contributed by atoms with Gasteiger partial charge in [-0.15, -0.1) is 0 Å². The number of nitrogens with one attached hydrogen (secondary N) is 1. The average Bonchev–Trinajstić information content (AvgIpc) is 2.47. The molecule has 0 saturated carbocycles. The molecule has 0 spiro atoms. The molecule has 106 valence electrons. The fourth-order valence-electron chi connectivity index (χ4n) is 1.59. The Labute approximate surface area is 118 Å². The van der Waals surface area contributed by atoms with Gasteiger partial charge in [0.2, 0.25) is 10.0 Å². The maximum atomic E-state index is 12.0. The molecule has 0 aliphatic carbocycles. The molecular formula is C14H16N2O3S. The minimum Gasteiger partial charge on any atom is -0.489 e. The van der Waals surface area contributed by atoms with Crippen molar-refractivity contribution in [3.63, 3.8) is 0 Å². The number of sulfonamides is 1. The molecule has 0 fully saturated rings. The number of pyridine rings is 1. The van der Waals surface area contributed by atoms with Gasteiger partial charge in [0.1, 0.15) is 16.7 Å². The average molecular weight is 292 g/mol. The van der Waals surface area contributed by atoms with Crippen molar-refractivity contribution < 1.29 is 13.2 Å². The van der Waals surface area contributed by atoms with E-state index >= 15 is 0 Å². The van der Waals surface area contributed by atoms with Crippen molar-refractivity contribution in [1.29, 1.82) is 0 Å². The van der Waals surface area contributed by atoms with E-state index in [4.69, 9.17) is 4.74 Å². The van der Waals surface area contributed by atoms with Gasteiger partial charge in [-0.05, 0) is 31.2 Å². The zero-order chi connectivity index (χ0) is 14.4. The van der Waals surface area contributed by atoms with Crippen LogP contribution in [0.5, 0.6) is 5.75 Å². The van der Waals surface area contributed by atoms with Gasteiger partial charge in [0.05, 0.1) is 0 Å². The number of aromatic nitrogens is 1. The Balaban J connectivity index is 1.92. The maximum Gasteiger partial charge on any atom is 0.242 e. The first-order valence-corrected chi connectivity index (χ1v) is 7.67. The highest BCUT2D eigenvalue weighted by molar-refractivity contribution is 7.89. The summed E-state index contributed by atoms with van der Waals surface area (Å²) in [4.78, 5) is 3.94. The lowest BCUT2D eigenvalue weighted by atomic mass is 10.3. The Kier molecular flexibility index (Phi) is 4.70. The van der Waals surface area contributed by atoms with Crippen LogP contribution in [-0.4, -0.2) is 26.1 Å². The van der Waals surface area contributed by atoms with Gasteiger partial charge in [0, 0.05) is 18.9 Å². The highest BCUT2D eigenvalue weighted by Crippen LogP contribution is 2.11. The molecule has 2 rings (SSSR count). The summed E-state index contributed by atoms with van der Waals surface area (Å²) in [6, 6.07) is 12.3. The summed E-state index contributed by atoms with van der Waals surface area (Å²) in [6.45, 7) is 1.99. The van der Waals surface area contributed by atoms with Crippen molar-refractivity contribution in [1.82, 2.24) is 9.71 Å². The van der Waals surface area contributed by atoms with Gasteiger partial charge in [0.25, 0.3) is 0 Å². The van der Waals surface area contributed by atoms with Crippen LogP contribution >= 0.6 is 0 Å². The van der Waals surface area contributed by atoms with E-state index in [1.165, 1.54) is 18.5 Å². The molecule has 1 aromatic carbocycles. The van der Waals surface area contributed by atoms with Crippen molar-refractivity contribution in [2.24, 2.45) is 0 Å². The van der Waals surface area contributed by atoms with Crippen molar-refractivity contribution in [3.8, 4) is 5.75 Å². The summed E-state index contributed by atoms with van der Waals surface area (Å²) >= 11 is 0. The number of nitrogens with zero attached hydrogens (tertiary/aromatic N) is 1. The van der Waals surface area contributed by atoms with Crippen LogP contribution in [0, 0.1) is 0 Å². The Morgan fingerprint density at radius 2 is 1.95 bits per heavy atom. The molecule has 0 aliphatic rings. The van der Waals surface area contributed by atoms with Gasteiger partial charge < -0.3 is 4.74 Å². The molecule has 1 atom stereocenters. The molecule has 0 aliphatic heterocycles. The van der Waals surface area contributed by atoms with Gasteiger partial charge in [-0.1, -0.05) is 18.2 Å². The molecule has 2 aromatic rings. The second-order valence-electron chi connectivity index (χ2n) is 4.28. The second-order valence-corrected chi connectivity index (χ2v) is 6.05. The van der Waals surface area contributed by atoms with E-state index < -0.39 is 10.0 Å². The van der Waals surface area contributed by atoms with Crippen LogP contribution in [0.15, 0.2) is 59.8 Å². The number of benzene rings is 1. The third-order valence-electron chi connectivity index (χ3n) is 2.59. The summed E-state index contributed by atoms with van der Waals surface area (Å²) in [7, 11) is -3.54. The second kappa shape index (κ2) is 6.49. The number of hydrogen-bond acceptors (Lipinski definition) is 4. The van der Waals surface area contributed by atoms with Crippen LogP contribution in [0.4, 0.5) is 0 Å². The van der Waals surface area contributed by atoms with Gasteiger partial charge in [0.15, 0.2) is 0 Å². The van der Waals surface area contributed by atoms with Crippen LogP contribution in [0.3, 0.4) is 0 Å². The lowest BCUT2D eigenvalue weighted by Crippen LogP contribution is -2.33. The van der Waals surface area contributed by atoms with Crippen molar-refractivity contribution >= 4 is 10.0 Å². The largest absolute Gasteiger partial charge is 0.489 e. The van der Waals surface area contributed by atoms with Crippen LogP contribution in [-0.2, 0) is 10.0 Å². The Bertz CT molecular complexity index is 630. The summed E-state index contributed by atoms with van der Waals surface area (Å²) in [6.07, 6.45) is 2.56. The van der Waals surface area contributed by atoms with Crippen molar-refractivity contribution in [3.05, 3.63) is 54.9 Å². The highest BCUT2D eigenvalue weighted by Gasteiger charge is 2.15. The van der Waals surface area contributed by atoms with E-state index in [0.717, 1.165) is 0 Å². The van der Waals surface area contributed by atoms with Crippen LogP contribution < -0.4 is 9.46 Å². The smallest absolute Gasteiger partial charge is 0.242 e. The minimum atomic E-state index is -3.54. The molecule has 0 amide bonds. The predicted octanol–water partition coefficient (Wildman–Crippen LogP) is 1.83. The van der Waals surface area contributed by atoms with Gasteiger partial charge in [-0.25, -0.2) is 13.1 Å². The molecule has 0 unspecified atom stereocenters. The number of rotatable bonds is 6. The summed E-state index contributed by atoms with van der Waals surface area (Å²) in [5.41, 5.74) is 0. The van der Waals surface area contributed by atoms with Crippen LogP contribution in [0.2, 0.25) is 0 Å². The molecule has 0 radical (unpaired) electrons. The third kappa shape index (κ3) is 4.04. The maximum absolute atomic E-state index is 12.0. The van der Waals surface area contributed by atoms with Crippen LogP contribution in [0.25, 0.3) is 0 Å². The summed E-state index contributed by atoms with van der Waals surface area (Å²) < 4.78 is 32.1. The lowest BCUT2D eigenvalue weighted by molar-refractivity contribution is 0.225.